The second-order valence-corrected chi connectivity index (χ2v) is 4.58. The Labute approximate surface area is 102 Å². The summed E-state index contributed by atoms with van der Waals surface area (Å²) >= 11 is 0. The smallest absolute Gasteiger partial charge is 0.335 e. The van der Waals surface area contributed by atoms with Crippen LogP contribution >= 0.6 is 0 Å². The molecule has 0 heterocycles. The van der Waals surface area contributed by atoms with Crippen LogP contribution in [0.2, 0.25) is 0 Å². The average Bonchev–Trinajstić information content (AvgIpc) is 2.36. The molecule has 17 heavy (non-hydrogen) atoms. The fraction of sp³-hybridized carbons (Fsp3) is 0.500. The molecule has 94 valence electrons. The van der Waals surface area contributed by atoms with Gasteiger partial charge in [0.1, 0.15) is 0 Å². The first-order valence-corrected chi connectivity index (χ1v) is 5.83. The molecule has 0 amide bonds. The normalized spacial score (nSPS) is 14.5. The van der Waals surface area contributed by atoms with E-state index in [0.717, 1.165) is 5.56 Å². The molecular formula is C14H20O3. The molecule has 1 rings (SSSR count). The maximum atomic E-state index is 11.2. The number of carbonyl (C=O) groups is 1. The zero-order valence-corrected chi connectivity index (χ0v) is 10.8. The quantitative estimate of drug-likeness (QED) is 0.817. The van der Waals surface area contributed by atoms with Gasteiger partial charge < -0.3 is 9.84 Å². The first kappa shape index (κ1) is 13.7. The Bertz CT molecular complexity index is 368. The highest BCUT2D eigenvalue weighted by molar-refractivity contribution is 5.75. The summed E-state index contributed by atoms with van der Waals surface area (Å²) in [5.74, 6) is -0.376. The van der Waals surface area contributed by atoms with Crippen LogP contribution < -0.4 is 0 Å². The SMILES string of the molecule is COC(=O)C(O)C(C)c1ccc(C(C)C)cc1. The molecule has 0 spiro atoms. The molecule has 0 radical (unpaired) electrons. The van der Waals surface area contributed by atoms with Crippen molar-refractivity contribution in [2.75, 3.05) is 7.11 Å². The number of hydrogen-bond donors (Lipinski definition) is 1. The van der Waals surface area contributed by atoms with Gasteiger partial charge in [0.25, 0.3) is 0 Å². The fourth-order valence-electron chi connectivity index (χ4n) is 1.69. The summed E-state index contributed by atoms with van der Waals surface area (Å²) in [6.45, 7) is 6.06. The van der Waals surface area contributed by atoms with Crippen LogP contribution in [0.4, 0.5) is 0 Å². The first-order valence-electron chi connectivity index (χ1n) is 5.83. The summed E-state index contributed by atoms with van der Waals surface area (Å²) in [6.07, 6.45) is -1.11. The van der Waals surface area contributed by atoms with Gasteiger partial charge in [-0.1, -0.05) is 45.0 Å². The highest BCUT2D eigenvalue weighted by atomic mass is 16.5. The van der Waals surface area contributed by atoms with Gasteiger partial charge in [0.05, 0.1) is 7.11 Å². The van der Waals surface area contributed by atoms with Gasteiger partial charge in [-0.25, -0.2) is 4.79 Å². The van der Waals surface area contributed by atoms with Crippen molar-refractivity contribution in [2.45, 2.75) is 38.7 Å². The molecular weight excluding hydrogens is 216 g/mol. The average molecular weight is 236 g/mol. The maximum Gasteiger partial charge on any atom is 0.335 e. The summed E-state index contributed by atoms with van der Waals surface area (Å²) < 4.78 is 4.53. The van der Waals surface area contributed by atoms with Crippen molar-refractivity contribution in [3.8, 4) is 0 Å². The third-order valence-corrected chi connectivity index (χ3v) is 3.05. The van der Waals surface area contributed by atoms with Crippen LogP contribution in [0.3, 0.4) is 0 Å². The van der Waals surface area contributed by atoms with E-state index in [1.165, 1.54) is 12.7 Å². The molecule has 1 aromatic carbocycles. The maximum absolute atomic E-state index is 11.2. The van der Waals surface area contributed by atoms with Gasteiger partial charge in [-0.15, -0.1) is 0 Å². The Hall–Kier alpha value is -1.35. The van der Waals surface area contributed by atoms with Crippen molar-refractivity contribution < 1.29 is 14.6 Å². The second kappa shape index (κ2) is 5.82. The summed E-state index contributed by atoms with van der Waals surface area (Å²) in [7, 11) is 1.28. The number of hydrogen-bond acceptors (Lipinski definition) is 3. The minimum Gasteiger partial charge on any atom is -0.467 e. The molecule has 0 saturated carbocycles. The second-order valence-electron chi connectivity index (χ2n) is 4.58. The molecule has 2 atom stereocenters. The van der Waals surface area contributed by atoms with E-state index in [-0.39, 0.29) is 5.92 Å². The predicted octanol–water partition coefficient (Wildman–Crippen LogP) is 2.45. The van der Waals surface area contributed by atoms with Gasteiger partial charge in [-0.2, -0.15) is 0 Å². The van der Waals surface area contributed by atoms with E-state index in [2.05, 4.69) is 18.6 Å². The molecule has 2 unspecified atom stereocenters. The van der Waals surface area contributed by atoms with Gasteiger partial charge in [-0.3, -0.25) is 0 Å². The summed E-state index contributed by atoms with van der Waals surface area (Å²) in [5, 5.41) is 9.74. The standard InChI is InChI=1S/C14H20O3/c1-9(2)11-5-7-12(8-6-11)10(3)13(15)14(16)17-4/h5-10,13,15H,1-4H3. The number of benzene rings is 1. The number of aliphatic hydroxyl groups excluding tert-OH is 1. The van der Waals surface area contributed by atoms with Crippen LogP contribution in [0, 0.1) is 0 Å². The Kier molecular flexibility index (Phi) is 4.70. The Morgan fingerprint density at radius 1 is 1.12 bits per heavy atom. The minimum absolute atomic E-state index is 0.260. The van der Waals surface area contributed by atoms with Gasteiger partial charge in [0.15, 0.2) is 6.10 Å². The van der Waals surface area contributed by atoms with Crippen LogP contribution in [0.5, 0.6) is 0 Å². The monoisotopic (exact) mass is 236 g/mol. The lowest BCUT2D eigenvalue weighted by atomic mass is 9.93. The lowest BCUT2D eigenvalue weighted by Gasteiger charge is -2.17. The van der Waals surface area contributed by atoms with Crippen molar-refractivity contribution in [1.82, 2.24) is 0 Å². The summed E-state index contributed by atoms with van der Waals surface area (Å²) in [4.78, 5) is 11.2. The Morgan fingerprint density at radius 3 is 2.00 bits per heavy atom. The van der Waals surface area contributed by atoms with E-state index >= 15 is 0 Å². The highest BCUT2D eigenvalue weighted by Gasteiger charge is 2.24. The Morgan fingerprint density at radius 2 is 1.59 bits per heavy atom. The van der Waals surface area contributed by atoms with Crippen molar-refractivity contribution in [3.05, 3.63) is 35.4 Å². The minimum atomic E-state index is -1.11. The lowest BCUT2D eigenvalue weighted by molar-refractivity contribution is -0.151. The van der Waals surface area contributed by atoms with E-state index in [4.69, 9.17) is 0 Å². The number of carbonyl (C=O) groups excluding carboxylic acids is 1. The third kappa shape index (κ3) is 3.30. The van der Waals surface area contributed by atoms with Crippen molar-refractivity contribution in [3.63, 3.8) is 0 Å². The van der Waals surface area contributed by atoms with E-state index in [0.29, 0.717) is 5.92 Å². The zero-order valence-electron chi connectivity index (χ0n) is 10.8. The van der Waals surface area contributed by atoms with Crippen LogP contribution in [0.25, 0.3) is 0 Å². The van der Waals surface area contributed by atoms with E-state index < -0.39 is 12.1 Å². The highest BCUT2D eigenvalue weighted by Crippen LogP contribution is 2.22. The molecule has 0 aromatic heterocycles. The predicted molar refractivity (Wildman–Crippen MR) is 67.0 cm³/mol. The van der Waals surface area contributed by atoms with E-state index in [1.807, 2.05) is 31.2 Å². The Balaban J connectivity index is 2.82. The summed E-state index contributed by atoms with van der Waals surface area (Å²) in [5.41, 5.74) is 2.18. The molecule has 3 nitrogen and oxygen atoms in total. The molecule has 0 saturated heterocycles. The molecule has 0 aliphatic rings. The third-order valence-electron chi connectivity index (χ3n) is 3.05. The molecule has 0 aliphatic carbocycles. The van der Waals surface area contributed by atoms with Crippen LogP contribution in [0.15, 0.2) is 24.3 Å². The van der Waals surface area contributed by atoms with Crippen molar-refractivity contribution in [1.29, 1.82) is 0 Å². The molecule has 3 heteroatoms. The largest absolute Gasteiger partial charge is 0.467 e. The fourth-order valence-corrected chi connectivity index (χ4v) is 1.69. The number of esters is 1. The van der Waals surface area contributed by atoms with Crippen LogP contribution in [-0.2, 0) is 9.53 Å². The van der Waals surface area contributed by atoms with Gasteiger partial charge in [0.2, 0.25) is 0 Å². The lowest BCUT2D eigenvalue weighted by Crippen LogP contribution is -2.27. The van der Waals surface area contributed by atoms with E-state index in [1.54, 1.807) is 0 Å². The van der Waals surface area contributed by atoms with Crippen molar-refractivity contribution >= 4 is 5.97 Å². The van der Waals surface area contributed by atoms with Gasteiger partial charge in [0, 0.05) is 5.92 Å². The number of rotatable bonds is 4. The molecule has 0 aliphatic heterocycles. The number of aliphatic hydroxyl groups is 1. The van der Waals surface area contributed by atoms with Gasteiger partial charge >= 0.3 is 5.97 Å². The van der Waals surface area contributed by atoms with Gasteiger partial charge in [-0.05, 0) is 17.0 Å². The van der Waals surface area contributed by atoms with Crippen molar-refractivity contribution in [2.24, 2.45) is 0 Å². The zero-order chi connectivity index (χ0) is 13.0. The molecule has 1 N–H and O–H groups in total. The topological polar surface area (TPSA) is 46.5 Å². The summed E-state index contributed by atoms with van der Waals surface area (Å²) in [6, 6.07) is 7.96. The van der Waals surface area contributed by atoms with Crippen LogP contribution in [0.1, 0.15) is 43.7 Å². The van der Waals surface area contributed by atoms with Crippen LogP contribution in [-0.4, -0.2) is 24.3 Å². The molecule has 0 bridgehead atoms. The molecule has 1 aromatic rings. The number of ether oxygens (including phenoxy) is 1. The van der Waals surface area contributed by atoms with E-state index in [9.17, 15) is 9.90 Å². The number of methoxy groups -OCH3 is 1. The first-order chi connectivity index (χ1) is 7.97. The molecule has 0 fully saturated rings.